The Kier molecular flexibility index (Phi) is 4.05. The maximum Gasteiger partial charge on any atom is 0.123 e. The lowest BCUT2D eigenvalue weighted by molar-refractivity contribution is 0.0406. The van der Waals surface area contributed by atoms with Crippen LogP contribution < -0.4 is 9.80 Å². The van der Waals surface area contributed by atoms with Gasteiger partial charge in [0.2, 0.25) is 0 Å². The van der Waals surface area contributed by atoms with Crippen LogP contribution in [0.25, 0.3) is 0 Å². The Labute approximate surface area is 117 Å². The molecule has 0 atom stereocenters. The summed E-state index contributed by atoms with van der Waals surface area (Å²) < 4.78 is 11.4. The van der Waals surface area contributed by atoms with Crippen molar-refractivity contribution in [2.24, 2.45) is 0 Å². The van der Waals surface area contributed by atoms with Crippen molar-refractivity contribution in [1.82, 2.24) is 9.97 Å². The van der Waals surface area contributed by atoms with Gasteiger partial charge in [0.1, 0.15) is 26.9 Å². The first-order valence-electron chi connectivity index (χ1n) is 6.39. The first-order chi connectivity index (χ1) is 9.93. The van der Waals surface area contributed by atoms with Gasteiger partial charge in [0.25, 0.3) is 0 Å². The summed E-state index contributed by atoms with van der Waals surface area (Å²) in [5.41, 5.74) is 1.98. The van der Waals surface area contributed by atoms with Crippen molar-refractivity contribution in [3.63, 3.8) is 0 Å². The average molecular weight is 272 g/mol. The molecule has 0 amide bonds. The molecule has 0 aromatic carbocycles. The van der Waals surface area contributed by atoms with Crippen LogP contribution in [0.5, 0.6) is 0 Å². The van der Waals surface area contributed by atoms with Crippen LogP contribution in [0.4, 0.5) is 11.4 Å². The molecule has 6 nitrogen and oxygen atoms in total. The van der Waals surface area contributed by atoms with Crippen LogP contribution in [0.1, 0.15) is 0 Å². The van der Waals surface area contributed by atoms with E-state index in [9.17, 15) is 0 Å². The summed E-state index contributed by atoms with van der Waals surface area (Å²) in [7, 11) is 0. The lowest BCUT2D eigenvalue weighted by atomic mass is 10.4. The number of anilines is 2. The first-order valence-corrected chi connectivity index (χ1v) is 6.39. The van der Waals surface area contributed by atoms with E-state index < -0.39 is 0 Å². The summed E-state index contributed by atoms with van der Waals surface area (Å²) in [4.78, 5) is 12.2. The highest BCUT2D eigenvalue weighted by Gasteiger charge is 2.14. The van der Waals surface area contributed by atoms with E-state index in [-0.39, 0.29) is 0 Å². The summed E-state index contributed by atoms with van der Waals surface area (Å²) in [6.07, 6.45) is 7.10. The summed E-state index contributed by atoms with van der Waals surface area (Å²) in [5.74, 6) is 0. The van der Waals surface area contributed by atoms with Crippen LogP contribution in [0, 0.1) is 0 Å². The van der Waals surface area contributed by atoms with Crippen molar-refractivity contribution in [2.75, 3.05) is 36.7 Å². The average Bonchev–Trinajstić information content (AvgIpc) is 2.49. The van der Waals surface area contributed by atoms with E-state index in [1.807, 2.05) is 34.1 Å². The van der Waals surface area contributed by atoms with Gasteiger partial charge in [0, 0.05) is 12.4 Å². The van der Waals surface area contributed by atoms with E-state index in [0.717, 1.165) is 11.4 Å². The molecule has 0 N–H and O–H groups in total. The Morgan fingerprint density at radius 3 is 1.55 bits per heavy atom. The molecule has 3 heterocycles. The molecule has 1 fully saturated rings. The molecule has 104 valence electrons. The number of hydrogen-bond acceptors (Lipinski definition) is 6. The van der Waals surface area contributed by atoms with E-state index in [1.165, 1.54) is 0 Å². The second-order valence-electron chi connectivity index (χ2n) is 4.43. The highest BCUT2D eigenvalue weighted by atomic mass is 16.5. The molecule has 1 aliphatic rings. The second kappa shape index (κ2) is 6.31. The minimum atomic E-state index is 0.461. The summed E-state index contributed by atoms with van der Waals surface area (Å²) >= 11 is 0. The van der Waals surface area contributed by atoms with Gasteiger partial charge in [-0.05, 0) is 24.3 Å². The smallest absolute Gasteiger partial charge is 0.123 e. The van der Waals surface area contributed by atoms with Crippen LogP contribution in [-0.2, 0) is 9.47 Å². The van der Waals surface area contributed by atoms with E-state index in [2.05, 4.69) is 9.97 Å². The summed E-state index contributed by atoms with van der Waals surface area (Å²) in [6.45, 7) is 1.84. The van der Waals surface area contributed by atoms with Gasteiger partial charge in [-0.2, -0.15) is 0 Å². The molecule has 1 saturated heterocycles. The van der Waals surface area contributed by atoms with Crippen molar-refractivity contribution in [1.29, 1.82) is 0 Å². The molecule has 0 spiro atoms. The van der Waals surface area contributed by atoms with Crippen LogP contribution >= 0.6 is 0 Å². The van der Waals surface area contributed by atoms with Gasteiger partial charge in [-0.15, -0.1) is 0 Å². The number of nitrogens with zero attached hydrogens (tertiary/aromatic N) is 4. The molecular formula is C14H16N4O2. The van der Waals surface area contributed by atoms with Gasteiger partial charge >= 0.3 is 0 Å². The molecule has 0 bridgehead atoms. The molecule has 6 heteroatoms. The maximum absolute atomic E-state index is 5.72. The SMILES string of the molecule is c1cncc(N2COCN(c3cccnc3)COC2)c1. The molecule has 0 saturated carbocycles. The van der Waals surface area contributed by atoms with E-state index >= 15 is 0 Å². The molecule has 2 aromatic rings. The third-order valence-corrected chi connectivity index (χ3v) is 3.01. The Morgan fingerprint density at radius 2 is 1.20 bits per heavy atom. The molecule has 20 heavy (non-hydrogen) atoms. The normalized spacial score (nSPS) is 16.6. The van der Waals surface area contributed by atoms with Gasteiger partial charge in [0.15, 0.2) is 0 Å². The fraction of sp³-hybridized carbons (Fsp3) is 0.286. The minimum absolute atomic E-state index is 0.461. The van der Waals surface area contributed by atoms with Gasteiger partial charge in [0.05, 0.1) is 23.8 Å². The predicted molar refractivity (Wildman–Crippen MR) is 75.1 cm³/mol. The van der Waals surface area contributed by atoms with E-state index in [4.69, 9.17) is 9.47 Å². The van der Waals surface area contributed by atoms with Gasteiger partial charge in [-0.3, -0.25) is 9.97 Å². The fourth-order valence-corrected chi connectivity index (χ4v) is 1.98. The Bertz CT molecular complexity index is 466. The number of hydrogen-bond donors (Lipinski definition) is 0. The Hall–Kier alpha value is -2.18. The zero-order valence-corrected chi connectivity index (χ0v) is 11.1. The Balaban J connectivity index is 1.62. The van der Waals surface area contributed by atoms with E-state index in [0.29, 0.717) is 26.9 Å². The number of pyridine rings is 2. The van der Waals surface area contributed by atoms with Gasteiger partial charge < -0.3 is 19.3 Å². The molecule has 2 aromatic heterocycles. The largest absolute Gasteiger partial charge is 0.341 e. The van der Waals surface area contributed by atoms with Crippen molar-refractivity contribution in [3.8, 4) is 0 Å². The third kappa shape index (κ3) is 3.04. The number of rotatable bonds is 2. The second-order valence-corrected chi connectivity index (χ2v) is 4.43. The van der Waals surface area contributed by atoms with Crippen LogP contribution in [0.15, 0.2) is 49.1 Å². The van der Waals surface area contributed by atoms with Crippen LogP contribution in [0.3, 0.4) is 0 Å². The van der Waals surface area contributed by atoms with Crippen molar-refractivity contribution < 1.29 is 9.47 Å². The first kappa shape index (κ1) is 12.8. The van der Waals surface area contributed by atoms with Gasteiger partial charge in [-0.25, -0.2) is 0 Å². The topological polar surface area (TPSA) is 50.7 Å². The van der Waals surface area contributed by atoms with Crippen LogP contribution in [0.2, 0.25) is 0 Å². The van der Waals surface area contributed by atoms with Crippen LogP contribution in [-0.4, -0.2) is 36.9 Å². The zero-order chi connectivity index (χ0) is 13.6. The number of aromatic nitrogens is 2. The standard InChI is InChI=1S/C14H16N4O2/c1-3-13(7-15-5-1)17-9-19-11-18(12-20-10-17)14-4-2-6-16-8-14/h1-8H,9-12H2. The maximum atomic E-state index is 5.72. The molecule has 0 unspecified atom stereocenters. The molecule has 0 aliphatic carbocycles. The van der Waals surface area contributed by atoms with Gasteiger partial charge in [-0.1, -0.05) is 0 Å². The monoisotopic (exact) mass is 272 g/mol. The molecule has 0 radical (unpaired) electrons. The van der Waals surface area contributed by atoms with E-state index in [1.54, 1.807) is 24.8 Å². The summed E-state index contributed by atoms with van der Waals surface area (Å²) in [5, 5.41) is 0. The lowest BCUT2D eigenvalue weighted by Gasteiger charge is -2.32. The Morgan fingerprint density at radius 1 is 0.750 bits per heavy atom. The lowest BCUT2D eigenvalue weighted by Crippen LogP contribution is -2.39. The van der Waals surface area contributed by atoms with Crippen molar-refractivity contribution in [2.45, 2.75) is 0 Å². The number of ether oxygens (including phenoxy) is 2. The molecule has 3 rings (SSSR count). The third-order valence-electron chi connectivity index (χ3n) is 3.01. The van der Waals surface area contributed by atoms with Crippen molar-refractivity contribution >= 4 is 11.4 Å². The highest BCUT2D eigenvalue weighted by Crippen LogP contribution is 2.16. The predicted octanol–water partition coefficient (Wildman–Crippen LogP) is 1.67. The zero-order valence-electron chi connectivity index (χ0n) is 11.1. The minimum Gasteiger partial charge on any atom is -0.341 e. The summed E-state index contributed by atoms with van der Waals surface area (Å²) in [6, 6.07) is 7.77. The quantitative estimate of drug-likeness (QED) is 0.829. The fourth-order valence-electron chi connectivity index (χ4n) is 1.98. The van der Waals surface area contributed by atoms with Crippen molar-refractivity contribution in [3.05, 3.63) is 49.1 Å². The molecule has 1 aliphatic heterocycles. The highest BCUT2D eigenvalue weighted by molar-refractivity contribution is 5.44. The molecular weight excluding hydrogens is 256 g/mol.